The molecule has 4 heteroatoms. The molecule has 3 aromatic carbocycles. The maximum atomic E-state index is 13.9. The molecule has 0 heterocycles. The third-order valence-corrected chi connectivity index (χ3v) is 4.53. The molecule has 134 valence electrons. The van der Waals surface area contributed by atoms with Gasteiger partial charge in [0.1, 0.15) is 5.82 Å². The highest BCUT2D eigenvalue weighted by Gasteiger charge is 2.41. The Balaban J connectivity index is 2.11. The minimum absolute atomic E-state index is 0.00870. The Morgan fingerprint density at radius 2 is 1.26 bits per heavy atom. The summed E-state index contributed by atoms with van der Waals surface area (Å²) in [6.07, 6.45) is -3.46. The highest BCUT2D eigenvalue weighted by molar-refractivity contribution is 6.10. The molecule has 0 spiro atoms. The molecule has 0 aromatic heterocycles. The second-order valence-corrected chi connectivity index (χ2v) is 6.27. The summed E-state index contributed by atoms with van der Waals surface area (Å²) in [5, 5.41) is 0. The van der Waals surface area contributed by atoms with E-state index in [0.717, 1.165) is 6.08 Å². The molecule has 3 aromatic rings. The van der Waals surface area contributed by atoms with Gasteiger partial charge in [0.25, 0.3) is 0 Å². The van der Waals surface area contributed by atoms with Crippen LogP contribution in [0.25, 0.3) is 17.2 Å². The van der Waals surface area contributed by atoms with Gasteiger partial charge in [-0.2, -0.15) is 13.2 Å². The summed E-state index contributed by atoms with van der Waals surface area (Å²) >= 11 is 0. The summed E-state index contributed by atoms with van der Waals surface area (Å²) in [7, 11) is 0. The molecule has 1 aliphatic carbocycles. The van der Waals surface area contributed by atoms with Gasteiger partial charge < -0.3 is 0 Å². The van der Waals surface area contributed by atoms with E-state index in [1.807, 2.05) is 0 Å². The summed E-state index contributed by atoms with van der Waals surface area (Å²) in [5.74, 6) is -0.566. The van der Waals surface area contributed by atoms with Crippen LogP contribution in [0.15, 0.2) is 84.4 Å². The van der Waals surface area contributed by atoms with Gasteiger partial charge in [0.15, 0.2) is 0 Å². The fraction of sp³-hybridized carbons (Fsp3) is 0.0435. The first-order chi connectivity index (χ1) is 12.9. The largest absolute Gasteiger partial charge is 0.417 e. The van der Waals surface area contributed by atoms with Gasteiger partial charge in [-0.05, 0) is 46.0 Å². The van der Waals surface area contributed by atoms with E-state index >= 15 is 0 Å². The van der Waals surface area contributed by atoms with Gasteiger partial charge in [-0.3, -0.25) is 0 Å². The van der Waals surface area contributed by atoms with Crippen LogP contribution in [0.1, 0.15) is 22.3 Å². The van der Waals surface area contributed by atoms with E-state index in [2.05, 4.69) is 0 Å². The molecule has 0 amide bonds. The normalized spacial score (nSPS) is 13.3. The van der Waals surface area contributed by atoms with Crippen LogP contribution in [-0.4, -0.2) is 6.18 Å². The highest BCUT2D eigenvalue weighted by Crippen LogP contribution is 2.49. The van der Waals surface area contributed by atoms with Crippen LogP contribution in [-0.2, 0) is 0 Å². The van der Waals surface area contributed by atoms with Crippen molar-refractivity contribution in [3.63, 3.8) is 0 Å². The summed E-state index contributed by atoms with van der Waals surface area (Å²) in [4.78, 5) is 0. The van der Waals surface area contributed by atoms with E-state index < -0.39 is 17.6 Å². The topological polar surface area (TPSA) is 0 Å². The Morgan fingerprint density at radius 3 is 1.78 bits per heavy atom. The number of benzene rings is 3. The first kappa shape index (κ1) is 17.3. The Bertz CT molecular complexity index is 1000. The van der Waals surface area contributed by atoms with Crippen LogP contribution in [0.3, 0.4) is 0 Å². The van der Waals surface area contributed by atoms with Crippen LogP contribution in [0.5, 0.6) is 0 Å². The van der Waals surface area contributed by atoms with Crippen LogP contribution in [0.2, 0.25) is 0 Å². The lowest BCUT2D eigenvalue weighted by atomic mass is 9.87. The number of rotatable bonds is 2. The lowest BCUT2D eigenvalue weighted by Crippen LogP contribution is -2.12. The SMILES string of the molecule is Fc1ccc2c(c1)C(=C(c1ccccc1)c1ccccc1)C(C(F)(F)F)=C2. The molecular weight excluding hydrogens is 352 g/mol. The van der Waals surface area contributed by atoms with Crippen molar-refractivity contribution >= 4 is 17.2 Å². The van der Waals surface area contributed by atoms with Crippen molar-refractivity contribution in [2.75, 3.05) is 0 Å². The molecule has 4 rings (SSSR count). The molecule has 0 N–H and O–H groups in total. The Kier molecular flexibility index (Phi) is 4.19. The highest BCUT2D eigenvalue weighted by atomic mass is 19.4. The van der Waals surface area contributed by atoms with Gasteiger partial charge >= 0.3 is 6.18 Å². The zero-order valence-corrected chi connectivity index (χ0v) is 14.1. The van der Waals surface area contributed by atoms with Gasteiger partial charge in [-0.15, -0.1) is 0 Å². The zero-order chi connectivity index (χ0) is 19.0. The first-order valence-corrected chi connectivity index (χ1v) is 8.39. The predicted octanol–water partition coefficient (Wildman–Crippen LogP) is 6.74. The lowest BCUT2D eigenvalue weighted by Gasteiger charge is -2.18. The molecule has 0 atom stereocenters. The van der Waals surface area contributed by atoms with Gasteiger partial charge in [-0.1, -0.05) is 66.7 Å². The minimum Gasteiger partial charge on any atom is -0.207 e. The number of hydrogen-bond donors (Lipinski definition) is 0. The molecule has 0 nitrogen and oxygen atoms in total. The molecule has 0 saturated heterocycles. The van der Waals surface area contributed by atoms with Crippen molar-refractivity contribution in [1.29, 1.82) is 0 Å². The molecule has 1 aliphatic rings. The summed E-state index contributed by atoms with van der Waals surface area (Å²) in [5.41, 5.74) is 1.59. The minimum atomic E-state index is -4.56. The molecular formula is C23H14F4. The average Bonchev–Trinajstić information content (AvgIpc) is 3.03. The Hall–Kier alpha value is -3.14. The first-order valence-electron chi connectivity index (χ1n) is 8.39. The van der Waals surface area contributed by atoms with E-state index in [0.29, 0.717) is 22.3 Å². The fourth-order valence-electron chi connectivity index (χ4n) is 3.40. The van der Waals surface area contributed by atoms with E-state index in [-0.39, 0.29) is 11.1 Å². The third kappa shape index (κ3) is 3.19. The average molecular weight is 366 g/mol. The summed E-state index contributed by atoms with van der Waals surface area (Å²) < 4.78 is 55.5. The Morgan fingerprint density at radius 1 is 0.704 bits per heavy atom. The maximum absolute atomic E-state index is 13.9. The van der Waals surface area contributed by atoms with Gasteiger partial charge in [0, 0.05) is 5.57 Å². The second-order valence-electron chi connectivity index (χ2n) is 6.27. The predicted molar refractivity (Wildman–Crippen MR) is 99.2 cm³/mol. The van der Waals surface area contributed by atoms with Crippen LogP contribution in [0, 0.1) is 5.82 Å². The van der Waals surface area contributed by atoms with Crippen LogP contribution < -0.4 is 0 Å². The molecule has 0 aliphatic heterocycles. The quantitative estimate of drug-likeness (QED) is 0.440. The molecule has 0 fully saturated rings. The molecule has 27 heavy (non-hydrogen) atoms. The smallest absolute Gasteiger partial charge is 0.207 e. The lowest BCUT2D eigenvalue weighted by molar-refractivity contribution is -0.0859. The summed E-state index contributed by atoms with van der Waals surface area (Å²) in [6, 6.07) is 21.5. The van der Waals surface area contributed by atoms with E-state index in [4.69, 9.17) is 0 Å². The summed E-state index contributed by atoms with van der Waals surface area (Å²) in [6.45, 7) is 0. The Labute approximate surface area is 154 Å². The van der Waals surface area contributed by atoms with Crippen molar-refractivity contribution in [3.8, 4) is 0 Å². The van der Waals surface area contributed by atoms with Crippen LogP contribution >= 0.6 is 0 Å². The van der Waals surface area contributed by atoms with E-state index in [1.54, 1.807) is 60.7 Å². The standard InChI is InChI=1S/C23H14F4/c24-18-12-11-17-13-20(23(25,26)27)22(19(17)14-18)21(15-7-3-1-4-8-15)16-9-5-2-6-10-16/h1-14H. The second kappa shape index (κ2) is 6.54. The molecule has 0 saturated carbocycles. The van der Waals surface area contributed by atoms with Gasteiger partial charge in [-0.25, -0.2) is 4.39 Å². The number of halogens is 4. The van der Waals surface area contributed by atoms with Crippen molar-refractivity contribution in [2.45, 2.75) is 6.18 Å². The van der Waals surface area contributed by atoms with Crippen molar-refractivity contribution in [3.05, 3.63) is 113 Å². The van der Waals surface area contributed by atoms with E-state index in [9.17, 15) is 17.6 Å². The maximum Gasteiger partial charge on any atom is 0.417 e. The van der Waals surface area contributed by atoms with Crippen molar-refractivity contribution in [1.82, 2.24) is 0 Å². The molecule has 0 unspecified atom stereocenters. The number of fused-ring (bicyclic) bond motifs is 1. The van der Waals surface area contributed by atoms with Crippen LogP contribution in [0.4, 0.5) is 17.6 Å². The monoisotopic (exact) mass is 366 g/mol. The third-order valence-electron chi connectivity index (χ3n) is 4.53. The molecule has 0 radical (unpaired) electrons. The zero-order valence-electron chi connectivity index (χ0n) is 14.1. The number of alkyl halides is 3. The molecule has 0 bridgehead atoms. The van der Waals surface area contributed by atoms with Crippen molar-refractivity contribution in [2.24, 2.45) is 0 Å². The number of allylic oxidation sites excluding steroid dienone is 2. The fourth-order valence-corrected chi connectivity index (χ4v) is 3.40. The van der Waals surface area contributed by atoms with Gasteiger partial charge in [0.05, 0.1) is 5.57 Å². The number of hydrogen-bond acceptors (Lipinski definition) is 0. The van der Waals surface area contributed by atoms with Gasteiger partial charge in [0.2, 0.25) is 0 Å². The van der Waals surface area contributed by atoms with E-state index in [1.165, 1.54) is 18.2 Å². The van der Waals surface area contributed by atoms with Crippen molar-refractivity contribution < 1.29 is 17.6 Å².